The highest BCUT2D eigenvalue weighted by Crippen LogP contribution is 2.23. The van der Waals surface area contributed by atoms with Crippen LogP contribution in [0.5, 0.6) is 0 Å². The number of nitrogens with zero attached hydrogens (tertiary/aromatic N) is 2. The van der Waals surface area contributed by atoms with Gasteiger partial charge in [0.05, 0.1) is 0 Å². The average molecular weight is 319 g/mol. The number of imidazole rings is 1. The van der Waals surface area contributed by atoms with E-state index in [0.717, 1.165) is 0 Å². The summed E-state index contributed by atoms with van der Waals surface area (Å²) in [5.74, 6) is 1.22. The fraction of sp³-hybridized carbons (Fsp3) is 0.318. The lowest BCUT2D eigenvalue weighted by Gasteiger charge is -2.11. The van der Waals surface area contributed by atoms with Gasteiger partial charge in [0, 0.05) is 6.92 Å². The van der Waals surface area contributed by atoms with E-state index in [9.17, 15) is 0 Å². The van der Waals surface area contributed by atoms with Crippen LogP contribution in [0.15, 0.2) is 36.7 Å². The van der Waals surface area contributed by atoms with Gasteiger partial charge in [0.15, 0.2) is 0 Å². The highest BCUT2D eigenvalue weighted by atomic mass is 15.2. The normalized spacial score (nSPS) is 11.1. The number of hydrogen-bond acceptors (Lipinski definition) is 0. The van der Waals surface area contributed by atoms with Crippen LogP contribution in [0.3, 0.4) is 0 Å². The summed E-state index contributed by atoms with van der Waals surface area (Å²) in [5.41, 5.74) is 10.5. The molecule has 0 aliphatic rings. The summed E-state index contributed by atoms with van der Waals surface area (Å²) in [5, 5.41) is 0. The predicted molar refractivity (Wildman–Crippen MR) is 100 cm³/mol. The van der Waals surface area contributed by atoms with Crippen LogP contribution in [0.2, 0.25) is 0 Å². The van der Waals surface area contributed by atoms with E-state index in [0.29, 0.717) is 0 Å². The minimum atomic E-state index is 1.22. The van der Waals surface area contributed by atoms with Gasteiger partial charge in [-0.1, -0.05) is 35.4 Å². The van der Waals surface area contributed by atoms with E-state index in [1.54, 1.807) is 0 Å². The summed E-state index contributed by atoms with van der Waals surface area (Å²) in [7, 11) is 0. The Morgan fingerprint density at radius 3 is 1.62 bits per heavy atom. The number of aromatic nitrogens is 2. The molecule has 0 aliphatic carbocycles. The van der Waals surface area contributed by atoms with Gasteiger partial charge in [-0.25, -0.2) is 0 Å². The van der Waals surface area contributed by atoms with Crippen LogP contribution in [-0.2, 0) is 0 Å². The second-order valence-corrected chi connectivity index (χ2v) is 7.08. The molecule has 0 atom stereocenters. The first-order valence-corrected chi connectivity index (χ1v) is 8.55. The van der Waals surface area contributed by atoms with Crippen molar-refractivity contribution >= 4 is 0 Å². The highest BCUT2D eigenvalue weighted by Gasteiger charge is 2.21. The molecule has 0 aliphatic heterocycles. The largest absolute Gasteiger partial charge is 0.263 e. The zero-order valence-electron chi connectivity index (χ0n) is 15.9. The third kappa shape index (κ3) is 2.66. The molecule has 0 amide bonds. The van der Waals surface area contributed by atoms with Crippen molar-refractivity contribution in [2.75, 3.05) is 0 Å². The first kappa shape index (κ1) is 16.5. The fourth-order valence-electron chi connectivity index (χ4n) is 4.04. The molecule has 0 saturated carbocycles. The van der Waals surface area contributed by atoms with E-state index in [-0.39, 0.29) is 0 Å². The summed E-state index contributed by atoms with van der Waals surface area (Å²) in [6, 6.07) is 9.03. The summed E-state index contributed by atoms with van der Waals surface area (Å²) in [6.07, 6.45) is 4.36. The van der Waals surface area contributed by atoms with Crippen molar-refractivity contribution in [1.29, 1.82) is 0 Å². The molecule has 124 valence electrons. The SMILES string of the molecule is Cc1cc(C)c(-n2cc[n+](-c3c(C)cc(C)cc3C)c2C)c(C)c1. The monoisotopic (exact) mass is 319 g/mol. The lowest BCUT2D eigenvalue weighted by atomic mass is 10.0. The highest BCUT2D eigenvalue weighted by molar-refractivity contribution is 5.50. The molecule has 0 unspecified atom stereocenters. The van der Waals surface area contributed by atoms with Crippen molar-refractivity contribution in [3.05, 3.63) is 75.9 Å². The van der Waals surface area contributed by atoms with Crippen molar-refractivity contribution in [2.24, 2.45) is 0 Å². The molecule has 3 rings (SSSR count). The third-order valence-electron chi connectivity index (χ3n) is 4.81. The lowest BCUT2D eigenvalue weighted by Crippen LogP contribution is -2.34. The van der Waals surface area contributed by atoms with Crippen molar-refractivity contribution < 1.29 is 4.57 Å². The zero-order chi connectivity index (χ0) is 17.6. The topological polar surface area (TPSA) is 8.81 Å². The van der Waals surface area contributed by atoms with E-state index >= 15 is 0 Å². The molecule has 24 heavy (non-hydrogen) atoms. The van der Waals surface area contributed by atoms with Crippen molar-refractivity contribution in [1.82, 2.24) is 4.57 Å². The molecular weight excluding hydrogens is 292 g/mol. The van der Waals surface area contributed by atoms with Crippen LogP contribution in [-0.4, -0.2) is 4.57 Å². The molecule has 0 radical (unpaired) electrons. The Balaban J connectivity index is 2.22. The summed E-state index contributed by atoms with van der Waals surface area (Å²) < 4.78 is 4.62. The molecule has 1 aromatic heterocycles. The molecule has 0 N–H and O–H groups in total. The molecule has 0 saturated heterocycles. The molecule has 3 aromatic rings. The van der Waals surface area contributed by atoms with Crippen molar-refractivity contribution in [2.45, 2.75) is 48.5 Å². The van der Waals surface area contributed by atoms with E-state index in [4.69, 9.17) is 0 Å². The van der Waals surface area contributed by atoms with Crippen LogP contribution in [0.25, 0.3) is 11.4 Å². The average Bonchev–Trinajstić information content (AvgIpc) is 2.79. The van der Waals surface area contributed by atoms with E-state index < -0.39 is 0 Å². The van der Waals surface area contributed by atoms with Crippen LogP contribution in [0.1, 0.15) is 39.2 Å². The van der Waals surface area contributed by atoms with Gasteiger partial charge in [-0.15, -0.1) is 0 Å². The van der Waals surface area contributed by atoms with E-state index in [1.807, 2.05) is 0 Å². The molecule has 0 fully saturated rings. The predicted octanol–water partition coefficient (Wildman–Crippen LogP) is 4.91. The maximum atomic E-state index is 2.31. The summed E-state index contributed by atoms with van der Waals surface area (Å²) in [4.78, 5) is 0. The zero-order valence-corrected chi connectivity index (χ0v) is 15.9. The first-order valence-electron chi connectivity index (χ1n) is 8.55. The van der Waals surface area contributed by atoms with E-state index in [2.05, 4.69) is 94.3 Å². The Bertz CT molecular complexity index is 808. The number of aryl methyl sites for hydroxylation is 6. The van der Waals surface area contributed by atoms with Crippen LogP contribution >= 0.6 is 0 Å². The fourth-order valence-corrected chi connectivity index (χ4v) is 4.04. The molecule has 2 aromatic carbocycles. The second kappa shape index (κ2) is 5.94. The maximum Gasteiger partial charge on any atom is 0.263 e. The second-order valence-electron chi connectivity index (χ2n) is 7.08. The Morgan fingerprint density at radius 2 is 1.12 bits per heavy atom. The molecule has 0 bridgehead atoms. The quantitative estimate of drug-likeness (QED) is 0.593. The van der Waals surface area contributed by atoms with Gasteiger partial charge in [0.1, 0.15) is 23.8 Å². The number of benzene rings is 2. The van der Waals surface area contributed by atoms with Crippen LogP contribution in [0.4, 0.5) is 0 Å². The number of rotatable bonds is 2. The Hall–Kier alpha value is -2.35. The van der Waals surface area contributed by atoms with E-state index in [1.165, 1.54) is 50.6 Å². The van der Waals surface area contributed by atoms with Gasteiger partial charge in [-0.2, -0.15) is 9.13 Å². The Labute approximate surface area is 145 Å². The molecule has 0 spiro atoms. The molecule has 2 heteroatoms. The lowest BCUT2D eigenvalue weighted by molar-refractivity contribution is -0.602. The van der Waals surface area contributed by atoms with Gasteiger partial charge >= 0.3 is 0 Å². The van der Waals surface area contributed by atoms with Crippen molar-refractivity contribution in [3.8, 4) is 11.4 Å². The maximum absolute atomic E-state index is 2.31. The minimum absolute atomic E-state index is 1.22. The van der Waals surface area contributed by atoms with Crippen LogP contribution in [0, 0.1) is 48.5 Å². The first-order chi connectivity index (χ1) is 11.3. The van der Waals surface area contributed by atoms with Crippen LogP contribution < -0.4 is 4.57 Å². The van der Waals surface area contributed by atoms with Gasteiger partial charge in [0.2, 0.25) is 0 Å². The summed E-state index contributed by atoms with van der Waals surface area (Å²) >= 11 is 0. The Morgan fingerprint density at radius 1 is 0.667 bits per heavy atom. The van der Waals surface area contributed by atoms with Gasteiger partial charge < -0.3 is 0 Å². The standard InChI is InChI=1S/C22H27N2/c1-14-10-16(3)21(17(4)11-14)23-8-9-24(20(23)7)22-18(5)12-15(2)13-19(22)6/h8-13H,1-7H3/q+1. The van der Waals surface area contributed by atoms with Crippen molar-refractivity contribution in [3.63, 3.8) is 0 Å². The van der Waals surface area contributed by atoms with Gasteiger partial charge in [-0.05, 0) is 63.8 Å². The Kier molecular flexibility index (Phi) is 4.08. The van der Waals surface area contributed by atoms with Gasteiger partial charge in [-0.3, -0.25) is 0 Å². The number of hydrogen-bond donors (Lipinski definition) is 0. The molecule has 1 heterocycles. The molecular formula is C22H27N2+. The minimum Gasteiger partial charge on any atom is -0.199 e. The van der Waals surface area contributed by atoms with Gasteiger partial charge in [0.25, 0.3) is 5.82 Å². The molecule has 2 nitrogen and oxygen atoms in total. The smallest absolute Gasteiger partial charge is 0.199 e. The summed E-state index contributed by atoms with van der Waals surface area (Å²) in [6.45, 7) is 15.3. The third-order valence-corrected chi connectivity index (χ3v) is 4.81.